The van der Waals surface area contributed by atoms with Gasteiger partial charge < -0.3 is 14.6 Å². The first kappa shape index (κ1) is 16.5. The third kappa shape index (κ3) is 3.58. The maximum Gasteiger partial charge on any atom is 0.278 e. The number of benzene rings is 1. The molecule has 2 aromatic heterocycles. The Labute approximate surface area is 145 Å². The summed E-state index contributed by atoms with van der Waals surface area (Å²) in [4.78, 5) is 4.33. The summed E-state index contributed by atoms with van der Waals surface area (Å²) >= 11 is 0. The van der Waals surface area contributed by atoms with E-state index in [9.17, 15) is 0 Å². The minimum absolute atomic E-state index is 0. The molecule has 4 rings (SSSR count). The second-order valence-corrected chi connectivity index (χ2v) is 5.52. The minimum Gasteiger partial charge on any atom is -0.485 e. The number of nitrogens with zero attached hydrogens (tertiary/aromatic N) is 3. The fourth-order valence-corrected chi connectivity index (χ4v) is 2.66. The average molecular weight is 348 g/mol. The zero-order valence-corrected chi connectivity index (χ0v) is 13.8. The monoisotopic (exact) mass is 347 g/mol. The van der Waals surface area contributed by atoms with Crippen LogP contribution in [-0.2, 0) is 6.61 Å². The summed E-state index contributed by atoms with van der Waals surface area (Å²) in [5, 5.41) is 14.6. The van der Waals surface area contributed by atoms with Gasteiger partial charge >= 0.3 is 0 Å². The van der Waals surface area contributed by atoms with Gasteiger partial charge in [-0.05, 0) is 31.2 Å². The molecular weight excluding hydrogens is 330 g/mol. The fraction of sp³-hybridized carbons (Fsp3) is 0.312. The third-order valence-electron chi connectivity index (χ3n) is 3.90. The summed E-state index contributed by atoms with van der Waals surface area (Å²) < 4.78 is 10.9. The molecule has 1 aliphatic heterocycles. The Balaban J connectivity index is 0.00000169. The number of ether oxygens (including phenoxy) is 1. The van der Waals surface area contributed by atoms with Gasteiger partial charge in [0.1, 0.15) is 5.75 Å². The molecule has 2 N–H and O–H groups in total. The van der Waals surface area contributed by atoms with Crippen molar-refractivity contribution >= 4 is 12.4 Å². The first-order valence-electron chi connectivity index (χ1n) is 7.65. The molecule has 8 heteroatoms. The van der Waals surface area contributed by atoms with E-state index in [4.69, 9.17) is 9.26 Å². The van der Waals surface area contributed by atoms with Gasteiger partial charge in [0.15, 0.2) is 12.3 Å². The van der Waals surface area contributed by atoms with E-state index in [1.54, 1.807) is 0 Å². The van der Waals surface area contributed by atoms with Crippen LogP contribution < -0.4 is 10.1 Å². The van der Waals surface area contributed by atoms with E-state index < -0.39 is 0 Å². The number of nitrogens with one attached hydrogen (secondary N) is 2. The Morgan fingerprint density at radius 3 is 2.92 bits per heavy atom. The molecular formula is C16H18ClN5O2. The Morgan fingerprint density at radius 2 is 2.12 bits per heavy atom. The van der Waals surface area contributed by atoms with Gasteiger partial charge in [-0.25, -0.2) is 0 Å². The molecule has 0 radical (unpaired) electrons. The second-order valence-electron chi connectivity index (χ2n) is 5.52. The first-order chi connectivity index (χ1) is 11.4. The Kier molecular flexibility index (Phi) is 5.12. The second kappa shape index (κ2) is 7.46. The van der Waals surface area contributed by atoms with E-state index in [0.29, 0.717) is 23.3 Å². The standard InChI is InChI=1S/C16H17N5O2.ClH/c1-2-4-12(5-3-1)22-10-15-18-16(23-21-15)14-8-13(19-20-14)11-6-7-17-9-11;/h1-5,8,11,17H,6-7,9-10H2,(H,19,20);1H. The Morgan fingerprint density at radius 1 is 1.25 bits per heavy atom. The number of hydrogen-bond acceptors (Lipinski definition) is 6. The van der Waals surface area contributed by atoms with Crippen molar-refractivity contribution in [3.63, 3.8) is 0 Å². The molecule has 1 aromatic carbocycles. The fourth-order valence-electron chi connectivity index (χ4n) is 2.66. The van der Waals surface area contributed by atoms with Gasteiger partial charge in [-0.3, -0.25) is 5.10 Å². The summed E-state index contributed by atoms with van der Waals surface area (Å²) in [6.45, 7) is 2.28. The predicted molar refractivity (Wildman–Crippen MR) is 90.1 cm³/mol. The number of rotatable bonds is 5. The highest BCUT2D eigenvalue weighted by Gasteiger charge is 2.20. The summed E-state index contributed by atoms with van der Waals surface area (Å²) in [6, 6.07) is 11.5. The molecule has 1 atom stereocenters. The lowest BCUT2D eigenvalue weighted by Gasteiger charge is -2.02. The van der Waals surface area contributed by atoms with Crippen molar-refractivity contribution in [1.82, 2.24) is 25.7 Å². The molecule has 3 aromatic rings. The van der Waals surface area contributed by atoms with Crippen LogP contribution in [0.25, 0.3) is 11.6 Å². The van der Waals surface area contributed by atoms with E-state index in [1.807, 2.05) is 36.4 Å². The van der Waals surface area contributed by atoms with Gasteiger partial charge in [-0.15, -0.1) is 12.4 Å². The van der Waals surface area contributed by atoms with Crippen LogP contribution in [0.1, 0.15) is 23.9 Å². The van der Waals surface area contributed by atoms with E-state index in [-0.39, 0.29) is 19.0 Å². The number of aromatic amines is 1. The summed E-state index contributed by atoms with van der Waals surface area (Å²) in [5.74, 6) is 2.15. The number of para-hydroxylation sites is 1. The topological polar surface area (TPSA) is 88.9 Å². The number of hydrogen-bond donors (Lipinski definition) is 2. The zero-order valence-electron chi connectivity index (χ0n) is 12.9. The van der Waals surface area contributed by atoms with Crippen molar-refractivity contribution in [1.29, 1.82) is 0 Å². The lowest BCUT2D eigenvalue weighted by molar-refractivity contribution is 0.287. The van der Waals surface area contributed by atoms with Crippen LogP contribution in [0.15, 0.2) is 40.9 Å². The van der Waals surface area contributed by atoms with Crippen molar-refractivity contribution in [3.8, 4) is 17.3 Å². The van der Waals surface area contributed by atoms with E-state index >= 15 is 0 Å². The highest BCUT2D eigenvalue weighted by atomic mass is 35.5. The van der Waals surface area contributed by atoms with Crippen molar-refractivity contribution < 1.29 is 9.26 Å². The lowest BCUT2D eigenvalue weighted by Crippen LogP contribution is -2.08. The molecule has 3 heterocycles. The largest absolute Gasteiger partial charge is 0.485 e. The quantitative estimate of drug-likeness (QED) is 0.737. The molecule has 24 heavy (non-hydrogen) atoms. The number of halogens is 1. The normalized spacial score (nSPS) is 16.8. The van der Waals surface area contributed by atoms with Crippen LogP contribution in [0.4, 0.5) is 0 Å². The molecule has 1 unspecified atom stereocenters. The highest BCUT2D eigenvalue weighted by Crippen LogP contribution is 2.24. The van der Waals surface area contributed by atoms with Gasteiger partial charge in [0.2, 0.25) is 5.82 Å². The highest BCUT2D eigenvalue weighted by molar-refractivity contribution is 5.85. The summed E-state index contributed by atoms with van der Waals surface area (Å²) in [6.07, 6.45) is 1.11. The minimum atomic E-state index is 0. The van der Waals surface area contributed by atoms with E-state index in [0.717, 1.165) is 31.0 Å². The van der Waals surface area contributed by atoms with Crippen molar-refractivity contribution in [3.05, 3.63) is 47.9 Å². The lowest BCUT2D eigenvalue weighted by atomic mass is 10.1. The van der Waals surface area contributed by atoms with Gasteiger partial charge in [0, 0.05) is 18.2 Å². The van der Waals surface area contributed by atoms with Crippen LogP contribution in [0, 0.1) is 0 Å². The number of aromatic nitrogens is 4. The van der Waals surface area contributed by atoms with Crippen LogP contribution in [-0.4, -0.2) is 33.4 Å². The maximum absolute atomic E-state index is 5.61. The van der Waals surface area contributed by atoms with Gasteiger partial charge in [-0.2, -0.15) is 10.1 Å². The molecule has 1 saturated heterocycles. The zero-order chi connectivity index (χ0) is 15.5. The van der Waals surface area contributed by atoms with Gasteiger partial charge in [0.25, 0.3) is 5.89 Å². The van der Waals surface area contributed by atoms with Gasteiger partial charge in [-0.1, -0.05) is 23.4 Å². The van der Waals surface area contributed by atoms with Crippen molar-refractivity contribution in [2.24, 2.45) is 0 Å². The first-order valence-corrected chi connectivity index (χ1v) is 7.65. The molecule has 126 valence electrons. The molecule has 7 nitrogen and oxygen atoms in total. The molecule has 0 saturated carbocycles. The summed E-state index contributed by atoms with van der Waals surface area (Å²) in [7, 11) is 0. The van der Waals surface area contributed by atoms with Crippen LogP contribution in [0.5, 0.6) is 5.75 Å². The summed E-state index contributed by atoms with van der Waals surface area (Å²) in [5.41, 5.74) is 1.77. The number of H-pyrrole nitrogens is 1. The van der Waals surface area contributed by atoms with Crippen LogP contribution in [0.3, 0.4) is 0 Å². The average Bonchev–Trinajstić information content (AvgIpc) is 3.33. The van der Waals surface area contributed by atoms with Crippen LogP contribution >= 0.6 is 12.4 Å². The van der Waals surface area contributed by atoms with Crippen LogP contribution in [0.2, 0.25) is 0 Å². The predicted octanol–water partition coefficient (Wildman–Crippen LogP) is 2.54. The van der Waals surface area contributed by atoms with Crippen molar-refractivity contribution in [2.75, 3.05) is 13.1 Å². The van der Waals surface area contributed by atoms with Gasteiger partial charge in [0.05, 0.1) is 0 Å². The molecule has 0 aliphatic carbocycles. The SMILES string of the molecule is Cl.c1ccc(OCc2noc(-c3cc(C4CCNC4)[nH]n3)n2)cc1. The Hall–Kier alpha value is -2.38. The molecule has 1 aliphatic rings. The third-order valence-corrected chi connectivity index (χ3v) is 3.90. The Bertz CT molecular complexity index is 768. The molecule has 0 amide bonds. The van der Waals surface area contributed by atoms with E-state index in [1.165, 1.54) is 0 Å². The molecule has 0 bridgehead atoms. The smallest absolute Gasteiger partial charge is 0.278 e. The van der Waals surface area contributed by atoms with E-state index in [2.05, 4.69) is 25.7 Å². The molecule has 0 spiro atoms. The maximum atomic E-state index is 5.61. The van der Waals surface area contributed by atoms with Crippen molar-refractivity contribution in [2.45, 2.75) is 18.9 Å². The molecule has 1 fully saturated rings.